The Morgan fingerprint density at radius 1 is 0.907 bits per heavy atom. The Balaban J connectivity index is 3.47. The maximum absolute atomic E-state index is 14.4. The molecule has 1 aromatic rings. The Hall–Kier alpha value is -3.10. The van der Waals surface area contributed by atoms with Crippen molar-refractivity contribution in [2.45, 2.75) is 131 Å². The second kappa shape index (κ2) is 20.0. The van der Waals surface area contributed by atoms with Gasteiger partial charge in [-0.1, -0.05) is 90.5 Å². The van der Waals surface area contributed by atoms with E-state index in [-0.39, 0.29) is 37.3 Å². The lowest BCUT2D eigenvalue weighted by molar-refractivity contribution is -0.145. The van der Waals surface area contributed by atoms with Crippen LogP contribution in [0.5, 0.6) is 0 Å². The molecular formula is C34H57N3O6. The lowest BCUT2D eigenvalue weighted by atomic mass is 9.95. The third kappa shape index (κ3) is 14.3. The van der Waals surface area contributed by atoms with Gasteiger partial charge in [-0.2, -0.15) is 0 Å². The fraction of sp³-hybridized carbons (Fsp3) is 0.706. The molecule has 0 heterocycles. The smallest absolute Gasteiger partial charge is 0.408 e. The summed E-state index contributed by atoms with van der Waals surface area (Å²) < 4.78 is 10.5. The second-order valence-electron chi connectivity index (χ2n) is 12.2. The van der Waals surface area contributed by atoms with E-state index in [0.717, 1.165) is 50.5 Å². The van der Waals surface area contributed by atoms with Gasteiger partial charge in [-0.3, -0.25) is 14.4 Å². The van der Waals surface area contributed by atoms with Gasteiger partial charge >= 0.3 is 12.1 Å². The van der Waals surface area contributed by atoms with Gasteiger partial charge in [0.1, 0.15) is 17.7 Å². The Morgan fingerprint density at radius 2 is 1.53 bits per heavy atom. The van der Waals surface area contributed by atoms with Crippen molar-refractivity contribution in [2.75, 3.05) is 19.7 Å². The van der Waals surface area contributed by atoms with Crippen LogP contribution in [0.25, 0.3) is 0 Å². The first-order valence-electron chi connectivity index (χ1n) is 16.2. The fourth-order valence-corrected chi connectivity index (χ4v) is 4.75. The molecule has 244 valence electrons. The molecule has 9 nitrogen and oxygen atoms in total. The molecule has 0 aliphatic heterocycles. The maximum Gasteiger partial charge on any atom is 0.408 e. The van der Waals surface area contributed by atoms with Gasteiger partial charge in [0.2, 0.25) is 11.8 Å². The Kier molecular flexibility index (Phi) is 17.6. The monoisotopic (exact) mass is 603 g/mol. The highest BCUT2D eigenvalue weighted by Gasteiger charge is 2.38. The van der Waals surface area contributed by atoms with E-state index in [2.05, 4.69) is 24.5 Å². The average Bonchev–Trinajstić information content (AvgIpc) is 2.95. The minimum Gasteiger partial charge on any atom is -0.466 e. The molecule has 0 aliphatic rings. The van der Waals surface area contributed by atoms with Crippen molar-refractivity contribution in [2.24, 2.45) is 5.92 Å². The number of rotatable bonds is 19. The van der Waals surface area contributed by atoms with Crippen LogP contribution in [0.1, 0.15) is 124 Å². The Bertz CT molecular complexity index is 989. The molecule has 0 bridgehead atoms. The zero-order valence-corrected chi connectivity index (χ0v) is 27.9. The van der Waals surface area contributed by atoms with Gasteiger partial charge in [-0.15, -0.1) is 0 Å². The molecule has 0 radical (unpaired) electrons. The van der Waals surface area contributed by atoms with Crippen LogP contribution in [-0.2, 0) is 30.3 Å². The molecule has 0 aliphatic carbocycles. The van der Waals surface area contributed by atoms with E-state index in [0.29, 0.717) is 18.5 Å². The van der Waals surface area contributed by atoms with Crippen molar-refractivity contribution in [1.82, 2.24) is 15.5 Å². The lowest BCUT2D eigenvalue weighted by Gasteiger charge is -2.36. The predicted molar refractivity (Wildman–Crippen MR) is 171 cm³/mol. The largest absolute Gasteiger partial charge is 0.466 e. The number of nitrogens with one attached hydrogen (secondary N) is 2. The third-order valence-electron chi connectivity index (χ3n) is 7.38. The highest BCUT2D eigenvalue weighted by Crippen LogP contribution is 2.26. The van der Waals surface area contributed by atoms with E-state index < -0.39 is 29.7 Å². The first kappa shape index (κ1) is 37.9. The van der Waals surface area contributed by atoms with Crippen molar-refractivity contribution < 1.29 is 28.7 Å². The molecule has 0 fully saturated rings. The summed E-state index contributed by atoms with van der Waals surface area (Å²) in [6.07, 6.45) is 6.94. The Labute approximate surface area is 259 Å². The fourth-order valence-electron chi connectivity index (χ4n) is 4.75. The van der Waals surface area contributed by atoms with Crippen LogP contribution < -0.4 is 10.6 Å². The summed E-state index contributed by atoms with van der Waals surface area (Å²) in [6.45, 7) is 15.8. The van der Waals surface area contributed by atoms with Crippen LogP contribution >= 0.6 is 0 Å². The minimum atomic E-state index is -0.941. The standard InChI is InChI=1S/C34H57N3O6/c1-9-13-14-15-16-17-24-37(32(40)29(25(5)10-2)36-33(41)43-34(6,7)8)30(27-20-18-26(11-3)19-21-27)31(39)35-23-22-28(38)42-12-4/h18-21,25,29-30H,9-17,22-24H2,1-8H3,(H,35,39)(H,36,41). The van der Waals surface area contributed by atoms with Crippen molar-refractivity contribution in [3.63, 3.8) is 0 Å². The van der Waals surface area contributed by atoms with Crippen molar-refractivity contribution in [1.29, 1.82) is 0 Å². The molecular weight excluding hydrogens is 546 g/mol. The molecule has 3 unspecified atom stereocenters. The van der Waals surface area contributed by atoms with E-state index in [9.17, 15) is 19.2 Å². The van der Waals surface area contributed by atoms with Crippen LogP contribution in [-0.4, -0.2) is 60.1 Å². The summed E-state index contributed by atoms with van der Waals surface area (Å²) in [5.41, 5.74) is 1.06. The number of carbonyl (C=O) groups is 4. The van der Waals surface area contributed by atoms with Gasteiger partial charge in [0.25, 0.3) is 0 Å². The molecule has 0 aromatic heterocycles. The number of esters is 1. The Morgan fingerprint density at radius 3 is 2.09 bits per heavy atom. The zero-order chi connectivity index (χ0) is 32.4. The van der Waals surface area contributed by atoms with Gasteiger partial charge in [-0.05, 0) is 57.6 Å². The number of hydrogen-bond donors (Lipinski definition) is 2. The second-order valence-corrected chi connectivity index (χ2v) is 12.2. The number of amides is 3. The van der Waals surface area contributed by atoms with E-state index in [4.69, 9.17) is 9.47 Å². The normalized spacial score (nSPS) is 13.4. The summed E-state index contributed by atoms with van der Waals surface area (Å²) in [4.78, 5) is 54.7. The summed E-state index contributed by atoms with van der Waals surface area (Å²) in [5, 5.41) is 5.67. The average molecular weight is 604 g/mol. The number of ether oxygens (including phenoxy) is 2. The summed E-state index contributed by atoms with van der Waals surface area (Å²) >= 11 is 0. The number of aryl methyl sites for hydroxylation is 1. The molecule has 3 amide bonds. The van der Waals surface area contributed by atoms with Crippen molar-refractivity contribution >= 4 is 23.9 Å². The molecule has 1 rings (SSSR count). The zero-order valence-electron chi connectivity index (χ0n) is 27.9. The number of alkyl carbamates (subject to hydrolysis) is 1. The van der Waals surface area contributed by atoms with Gasteiger partial charge in [-0.25, -0.2) is 4.79 Å². The van der Waals surface area contributed by atoms with Gasteiger partial charge in [0.15, 0.2) is 0 Å². The van der Waals surface area contributed by atoms with E-state index in [1.54, 1.807) is 32.6 Å². The van der Waals surface area contributed by atoms with Crippen LogP contribution in [0.4, 0.5) is 4.79 Å². The van der Waals surface area contributed by atoms with Crippen LogP contribution in [0.3, 0.4) is 0 Å². The molecule has 9 heteroatoms. The van der Waals surface area contributed by atoms with Crippen LogP contribution in [0.2, 0.25) is 0 Å². The van der Waals surface area contributed by atoms with Gasteiger partial charge in [0, 0.05) is 13.1 Å². The molecule has 1 aromatic carbocycles. The highest BCUT2D eigenvalue weighted by atomic mass is 16.6. The molecule has 43 heavy (non-hydrogen) atoms. The molecule has 3 atom stereocenters. The molecule has 0 spiro atoms. The number of hydrogen-bond acceptors (Lipinski definition) is 6. The number of benzene rings is 1. The van der Waals surface area contributed by atoms with Crippen LogP contribution in [0, 0.1) is 5.92 Å². The van der Waals surface area contributed by atoms with Gasteiger partial charge < -0.3 is 25.0 Å². The van der Waals surface area contributed by atoms with E-state index in [1.807, 2.05) is 38.1 Å². The van der Waals surface area contributed by atoms with E-state index >= 15 is 0 Å². The quantitative estimate of drug-likeness (QED) is 0.138. The van der Waals surface area contributed by atoms with E-state index in [1.165, 1.54) is 0 Å². The van der Waals surface area contributed by atoms with Crippen molar-refractivity contribution in [3.8, 4) is 0 Å². The SMILES string of the molecule is CCCCCCCCN(C(=O)C(NC(=O)OC(C)(C)C)C(C)CC)C(C(=O)NCCC(=O)OCC)c1ccc(CC)cc1. The summed E-state index contributed by atoms with van der Waals surface area (Å²) in [6, 6.07) is 5.87. The summed E-state index contributed by atoms with van der Waals surface area (Å²) in [5.74, 6) is -1.32. The number of unbranched alkanes of at least 4 members (excludes halogenated alkanes) is 5. The topological polar surface area (TPSA) is 114 Å². The maximum atomic E-state index is 14.4. The molecule has 2 N–H and O–H groups in total. The molecule has 0 saturated heterocycles. The van der Waals surface area contributed by atoms with Crippen molar-refractivity contribution in [3.05, 3.63) is 35.4 Å². The number of nitrogens with zero attached hydrogens (tertiary/aromatic N) is 1. The number of carbonyl (C=O) groups excluding carboxylic acids is 4. The van der Waals surface area contributed by atoms with Gasteiger partial charge in [0.05, 0.1) is 13.0 Å². The molecule has 0 saturated carbocycles. The van der Waals surface area contributed by atoms with Crippen LogP contribution in [0.15, 0.2) is 24.3 Å². The third-order valence-corrected chi connectivity index (χ3v) is 7.38. The highest BCUT2D eigenvalue weighted by molar-refractivity contribution is 5.92. The first-order chi connectivity index (χ1) is 20.4. The first-order valence-corrected chi connectivity index (χ1v) is 16.2. The summed E-state index contributed by atoms with van der Waals surface area (Å²) in [7, 11) is 0. The predicted octanol–water partition coefficient (Wildman–Crippen LogP) is 6.49. The lowest BCUT2D eigenvalue weighted by Crippen LogP contribution is -2.55. The minimum absolute atomic E-state index is 0.0299.